The largest absolute Gasteiger partial charge is 0.371 e. The van der Waals surface area contributed by atoms with Gasteiger partial charge in [0, 0.05) is 35.8 Å². The highest BCUT2D eigenvalue weighted by molar-refractivity contribution is 6.30. The number of likely N-dealkylation sites (tertiary alicyclic amines) is 1. The van der Waals surface area contributed by atoms with Gasteiger partial charge in [-0.05, 0) is 42.8 Å². The molecule has 2 saturated heterocycles. The molecule has 0 N–H and O–H groups in total. The number of carbonyl (C=O) groups excluding carboxylic acids is 1. The molecule has 4 rings (SSSR count). The highest BCUT2D eigenvalue weighted by atomic mass is 35.5. The Kier molecular flexibility index (Phi) is 4.98. The zero-order chi connectivity index (χ0) is 18.0. The zero-order valence-corrected chi connectivity index (χ0v) is 15.5. The molecular formula is C21H23ClN2O2. The normalized spacial score (nSPS) is 24.2. The van der Waals surface area contributed by atoms with E-state index in [1.807, 2.05) is 47.4 Å². The Hall–Kier alpha value is -1.88. The minimum Gasteiger partial charge on any atom is -0.371 e. The maximum Gasteiger partial charge on any atom is 0.252 e. The van der Waals surface area contributed by atoms with Gasteiger partial charge in [0.05, 0.1) is 6.61 Å². The lowest BCUT2D eigenvalue weighted by molar-refractivity contribution is -0.122. The second-order valence-corrected chi connectivity index (χ2v) is 7.83. The van der Waals surface area contributed by atoms with Gasteiger partial charge in [-0.1, -0.05) is 41.9 Å². The third-order valence-corrected chi connectivity index (χ3v) is 5.59. The summed E-state index contributed by atoms with van der Waals surface area (Å²) in [5, 5.41) is 0.765. The van der Waals surface area contributed by atoms with E-state index in [0.29, 0.717) is 13.2 Å². The summed E-state index contributed by atoms with van der Waals surface area (Å²) in [6.45, 7) is 4.37. The fourth-order valence-electron chi connectivity index (χ4n) is 4.00. The van der Waals surface area contributed by atoms with E-state index in [1.54, 1.807) is 0 Å². The van der Waals surface area contributed by atoms with Crippen LogP contribution in [0.2, 0.25) is 5.02 Å². The molecule has 0 saturated carbocycles. The van der Waals surface area contributed by atoms with Gasteiger partial charge in [-0.15, -0.1) is 0 Å². The van der Waals surface area contributed by atoms with Crippen molar-refractivity contribution >= 4 is 23.2 Å². The van der Waals surface area contributed by atoms with Gasteiger partial charge in [-0.3, -0.25) is 9.69 Å². The molecule has 4 nitrogen and oxygen atoms in total. The van der Waals surface area contributed by atoms with E-state index in [1.165, 1.54) is 5.56 Å². The Labute approximate surface area is 159 Å². The standard InChI is InChI=1S/C21H23ClN2O2/c22-18-8-6-17(7-9-18)12-23-11-10-21(14-23)15-24(20(25)13-26-16-21)19-4-2-1-3-5-19/h1-9H,10-16H2. The smallest absolute Gasteiger partial charge is 0.252 e. The summed E-state index contributed by atoms with van der Waals surface area (Å²) in [6.07, 6.45) is 1.04. The first kappa shape index (κ1) is 17.5. The van der Waals surface area contributed by atoms with Crippen LogP contribution >= 0.6 is 11.6 Å². The number of para-hydroxylation sites is 1. The fourth-order valence-corrected chi connectivity index (χ4v) is 4.13. The van der Waals surface area contributed by atoms with Gasteiger partial charge in [0.15, 0.2) is 0 Å². The number of rotatable bonds is 3. The maximum absolute atomic E-state index is 12.5. The molecule has 2 aliphatic rings. The highest BCUT2D eigenvalue weighted by Crippen LogP contribution is 2.35. The summed E-state index contributed by atoms with van der Waals surface area (Å²) in [7, 11) is 0. The van der Waals surface area contributed by atoms with E-state index in [0.717, 1.165) is 36.8 Å². The van der Waals surface area contributed by atoms with Gasteiger partial charge >= 0.3 is 0 Å². The molecule has 1 amide bonds. The van der Waals surface area contributed by atoms with Crippen molar-refractivity contribution in [3.8, 4) is 0 Å². The number of hydrogen-bond acceptors (Lipinski definition) is 3. The number of benzene rings is 2. The van der Waals surface area contributed by atoms with Crippen LogP contribution in [0.3, 0.4) is 0 Å². The molecule has 1 unspecified atom stereocenters. The number of anilines is 1. The Balaban J connectivity index is 1.49. The van der Waals surface area contributed by atoms with Crippen molar-refractivity contribution in [2.24, 2.45) is 5.41 Å². The maximum atomic E-state index is 12.5. The summed E-state index contributed by atoms with van der Waals surface area (Å²) in [5.74, 6) is 0.0456. The molecule has 0 bridgehead atoms. The predicted octanol–water partition coefficient (Wildman–Crippen LogP) is 3.60. The molecule has 2 heterocycles. The molecular weight excluding hydrogens is 348 g/mol. The molecule has 136 valence electrons. The second-order valence-electron chi connectivity index (χ2n) is 7.40. The summed E-state index contributed by atoms with van der Waals surface area (Å²) in [5.41, 5.74) is 2.21. The first-order chi connectivity index (χ1) is 12.6. The van der Waals surface area contributed by atoms with Gasteiger partial charge in [0.2, 0.25) is 0 Å². The van der Waals surface area contributed by atoms with E-state index >= 15 is 0 Å². The highest BCUT2D eigenvalue weighted by Gasteiger charge is 2.42. The molecule has 1 atom stereocenters. The lowest BCUT2D eigenvalue weighted by Crippen LogP contribution is -2.42. The minimum atomic E-state index is -0.00553. The second kappa shape index (κ2) is 7.39. The Bertz CT molecular complexity index is 765. The average Bonchev–Trinajstić information content (AvgIpc) is 2.97. The number of nitrogens with zero attached hydrogens (tertiary/aromatic N) is 2. The van der Waals surface area contributed by atoms with Crippen LogP contribution in [0.4, 0.5) is 5.69 Å². The van der Waals surface area contributed by atoms with Gasteiger partial charge in [-0.2, -0.15) is 0 Å². The van der Waals surface area contributed by atoms with Crippen LogP contribution in [0.5, 0.6) is 0 Å². The molecule has 0 aromatic heterocycles. The van der Waals surface area contributed by atoms with Crippen molar-refractivity contribution in [2.75, 3.05) is 37.7 Å². The SMILES string of the molecule is O=C1COCC2(CCN(Cc3ccc(Cl)cc3)C2)CN1c1ccccc1. The number of ether oxygens (including phenoxy) is 1. The number of amides is 1. The van der Waals surface area contributed by atoms with E-state index in [4.69, 9.17) is 16.3 Å². The Morgan fingerprint density at radius 3 is 2.58 bits per heavy atom. The van der Waals surface area contributed by atoms with E-state index in [9.17, 15) is 4.79 Å². The number of halogens is 1. The van der Waals surface area contributed by atoms with E-state index in [2.05, 4.69) is 17.0 Å². The fraction of sp³-hybridized carbons (Fsp3) is 0.381. The molecule has 0 radical (unpaired) electrons. The van der Waals surface area contributed by atoms with Crippen molar-refractivity contribution in [2.45, 2.75) is 13.0 Å². The van der Waals surface area contributed by atoms with Crippen molar-refractivity contribution in [3.05, 3.63) is 65.2 Å². The van der Waals surface area contributed by atoms with Gasteiger partial charge in [0.25, 0.3) is 5.91 Å². The van der Waals surface area contributed by atoms with Crippen LogP contribution in [0.25, 0.3) is 0 Å². The minimum absolute atomic E-state index is 0.00553. The van der Waals surface area contributed by atoms with Crippen LogP contribution in [-0.2, 0) is 16.1 Å². The summed E-state index contributed by atoms with van der Waals surface area (Å²) < 4.78 is 5.78. The third-order valence-electron chi connectivity index (χ3n) is 5.33. The van der Waals surface area contributed by atoms with Crippen LogP contribution < -0.4 is 4.90 Å². The summed E-state index contributed by atoms with van der Waals surface area (Å²) in [6, 6.07) is 18.0. The molecule has 2 fully saturated rings. The lowest BCUT2D eigenvalue weighted by atomic mass is 9.87. The zero-order valence-electron chi connectivity index (χ0n) is 14.7. The molecule has 26 heavy (non-hydrogen) atoms. The summed E-state index contributed by atoms with van der Waals surface area (Å²) in [4.78, 5) is 16.9. The van der Waals surface area contributed by atoms with Crippen LogP contribution in [0, 0.1) is 5.41 Å². The third kappa shape index (κ3) is 3.78. The molecule has 1 spiro atoms. The Morgan fingerprint density at radius 2 is 1.81 bits per heavy atom. The van der Waals surface area contributed by atoms with Crippen LogP contribution in [-0.4, -0.2) is 43.7 Å². The molecule has 2 aromatic carbocycles. The summed E-state index contributed by atoms with van der Waals surface area (Å²) >= 11 is 5.98. The topological polar surface area (TPSA) is 32.8 Å². The molecule has 5 heteroatoms. The van der Waals surface area contributed by atoms with Gasteiger partial charge < -0.3 is 9.64 Å². The first-order valence-corrected chi connectivity index (χ1v) is 9.41. The Morgan fingerprint density at radius 1 is 1.04 bits per heavy atom. The van der Waals surface area contributed by atoms with Crippen LogP contribution in [0.1, 0.15) is 12.0 Å². The van der Waals surface area contributed by atoms with Crippen molar-refractivity contribution in [1.29, 1.82) is 0 Å². The first-order valence-electron chi connectivity index (χ1n) is 9.04. The molecule has 0 aliphatic carbocycles. The van der Waals surface area contributed by atoms with E-state index < -0.39 is 0 Å². The van der Waals surface area contributed by atoms with Crippen molar-refractivity contribution in [3.63, 3.8) is 0 Å². The lowest BCUT2D eigenvalue weighted by Gasteiger charge is -2.32. The van der Waals surface area contributed by atoms with E-state index in [-0.39, 0.29) is 17.9 Å². The monoisotopic (exact) mass is 370 g/mol. The quantitative estimate of drug-likeness (QED) is 0.827. The average molecular weight is 371 g/mol. The van der Waals surface area contributed by atoms with Gasteiger partial charge in [0.1, 0.15) is 6.61 Å². The molecule has 2 aliphatic heterocycles. The van der Waals surface area contributed by atoms with Crippen LogP contribution in [0.15, 0.2) is 54.6 Å². The van der Waals surface area contributed by atoms with Crippen molar-refractivity contribution < 1.29 is 9.53 Å². The number of hydrogen-bond donors (Lipinski definition) is 0. The molecule has 2 aromatic rings. The number of carbonyl (C=O) groups is 1. The van der Waals surface area contributed by atoms with Crippen molar-refractivity contribution in [1.82, 2.24) is 4.90 Å². The van der Waals surface area contributed by atoms with Gasteiger partial charge in [-0.25, -0.2) is 0 Å². The predicted molar refractivity (Wildman–Crippen MR) is 103 cm³/mol.